The van der Waals surface area contributed by atoms with Crippen LogP contribution in [0.5, 0.6) is 0 Å². The lowest BCUT2D eigenvalue weighted by Crippen LogP contribution is -2.41. The van der Waals surface area contributed by atoms with Crippen molar-refractivity contribution in [3.63, 3.8) is 0 Å². The van der Waals surface area contributed by atoms with Crippen LogP contribution in [0.15, 0.2) is 18.3 Å². The number of nitrogens with two attached hydrogens (primary N) is 1. The molecule has 108 valence electrons. The molecule has 1 amide bonds. The largest absolute Gasteiger partial charge is 0.357 e. The van der Waals surface area contributed by atoms with E-state index in [1.165, 1.54) is 25.7 Å². The Hall–Kier alpha value is -1.62. The highest BCUT2D eigenvalue weighted by Gasteiger charge is 2.31. The second-order valence-corrected chi connectivity index (χ2v) is 5.75. The lowest BCUT2D eigenvalue weighted by Gasteiger charge is -2.18. The van der Waals surface area contributed by atoms with Gasteiger partial charge in [0.05, 0.1) is 5.56 Å². The van der Waals surface area contributed by atoms with Crippen LogP contribution in [0.3, 0.4) is 0 Å². The number of nitrogens with one attached hydrogen (secondary N) is 1. The van der Waals surface area contributed by atoms with Crippen molar-refractivity contribution in [2.24, 2.45) is 11.7 Å². The Morgan fingerprint density at radius 1 is 1.40 bits per heavy atom. The highest BCUT2D eigenvalue weighted by molar-refractivity contribution is 5.94. The van der Waals surface area contributed by atoms with E-state index in [4.69, 9.17) is 5.73 Å². The first-order valence-corrected chi connectivity index (χ1v) is 7.50. The van der Waals surface area contributed by atoms with Crippen molar-refractivity contribution in [1.29, 1.82) is 0 Å². The zero-order valence-corrected chi connectivity index (χ0v) is 11.7. The summed E-state index contributed by atoms with van der Waals surface area (Å²) in [6, 6.07) is 3.91. The quantitative estimate of drug-likeness (QED) is 0.845. The molecule has 0 spiro atoms. The number of carbonyl (C=O) groups excluding carboxylic acids is 1. The van der Waals surface area contributed by atoms with Crippen molar-refractivity contribution < 1.29 is 4.79 Å². The number of aromatic nitrogens is 1. The maximum atomic E-state index is 12.2. The van der Waals surface area contributed by atoms with E-state index in [-0.39, 0.29) is 11.9 Å². The van der Waals surface area contributed by atoms with Crippen LogP contribution in [-0.4, -0.2) is 36.6 Å². The molecule has 2 aliphatic rings. The second-order valence-electron chi connectivity index (χ2n) is 5.75. The standard InChI is InChI=1S/C15H22N4O/c16-9-13(11-3-4-11)18-15(20)12-5-6-14(17-10-12)19-7-1-2-8-19/h5-6,10-11,13H,1-4,7-9,16H2,(H,18,20). The molecular formula is C15H22N4O. The van der Waals surface area contributed by atoms with Gasteiger partial charge < -0.3 is 16.0 Å². The summed E-state index contributed by atoms with van der Waals surface area (Å²) in [6.45, 7) is 2.64. The first-order valence-electron chi connectivity index (χ1n) is 7.50. The van der Waals surface area contributed by atoms with Gasteiger partial charge in [0.15, 0.2) is 0 Å². The van der Waals surface area contributed by atoms with Crippen LogP contribution in [0.1, 0.15) is 36.0 Å². The zero-order chi connectivity index (χ0) is 13.9. The van der Waals surface area contributed by atoms with E-state index >= 15 is 0 Å². The zero-order valence-electron chi connectivity index (χ0n) is 11.7. The summed E-state index contributed by atoms with van der Waals surface area (Å²) in [5.41, 5.74) is 6.33. The van der Waals surface area contributed by atoms with E-state index < -0.39 is 0 Å². The number of rotatable bonds is 5. The van der Waals surface area contributed by atoms with Crippen molar-refractivity contribution in [2.75, 3.05) is 24.5 Å². The first-order chi connectivity index (χ1) is 9.78. The number of hydrogen-bond acceptors (Lipinski definition) is 4. The molecule has 0 aromatic carbocycles. The highest BCUT2D eigenvalue weighted by atomic mass is 16.1. The van der Waals surface area contributed by atoms with Crippen LogP contribution in [0.2, 0.25) is 0 Å². The van der Waals surface area contributed by atoms with E-state index in [0.29, 0.717) is 18.0 Å². The molecular weight excluding hydrogens is 252 g/mol. The van der Waals surface area contributed by atoms with Crippen LogP contribution in [0.25, 0.3) is 0 Å². The average Bonchev–Trinajstić information content (AvgIpc) is 3.18. The molecule has 1 unspecified atom stereocenters. The van der Waals surface area contributed by atoms with E-state index in [0.717, 1.165) is 18.9 Å². The molecule has 5 nitrogen and oxygen atoms in total. The second kappa shape index (κ2) is 5.79. The SMILES string of the molecule is NCC(NC(=O)c1ccc(N2CCCC2)nc1)C1CC1. The van der Waals surface area contributed by atoms with Crippen LogP contribution < -0.4 is 16.0 Å². The number of anilines is 1. The summed E-state index contributed by atoms with van der Waals surface area (Å²) in [6.07, 6.45) is 6.47. The Labute approximate surface area is 119 Å². The number of nitrogens with zero attached hydrogens (tertiary/aromatic N) is 2. The molecule has 1 aromatic rings. The van der Waals surface area contributed by atoms with Gasteiger partial charge in [-0.05, 0) is 43.7 Å². The normalized spacial score (nSPS) is 19.9. The summed E-state index contributed by atoms with van der Waals surface area (Å²) in [5.74, 6) is 1.48. The van der Waals surface area contributed by atoms with Crippen LogP contribution >= 0.6 is 0 Å². The smallest absolute Gasteiger partial charge is 0.253 e. The van der Waals surface area contributed by atoms with Gasteiger partial charge >= 0.3 is 0 Å². The van der Waals surface area contributed by atoms with Gasteiger partial charge in [-0.1, -0.05) is 0 Å². The minimum absolute atomic E-state index is 0.0622. The number of hydrogen-bond donors (Lipinski definition) is 2. The molecule has 2 fully saturated rings. The molecule has 1 aliphatic heterocycles. The fraction of sp³-hybridized carbons (Fsp3) is 0.600. The van der Waals surface area contributed by atoms with Crippen LogP contribution in [0, 0.1) is 5.92 Å². The van der Waals surface area contributed by atoms with Gasteiger partial charge in [0, 0.05) is 31.9 Å². The first kappa shape index (κ1) is 13.4. The molecule has 20 heavy (non-hydrogen) atoms. The molecule has 3 rings (SSSR count). The van der Waals surface area contributed by atoms with Crippen molar-refractivity contribution in [3.05, 3.63) is 23.9 Å². The third-order valence-corrected chi connectivity index (χ3v) is 4.20. The van der Waals surface area contributed by atoms with E-state index in [1.54, 1.807) is 6.20 Å². The lowest BCUT2D eigenvalue weighted by molar-refractivity contribution is 0.0933. The third-order valence-electron chi connectivity index (χ3n) is 4.20. The molecule has 3 N–H and O–H groups in total. The maximum absolute atomic E-state index is 12.2. The molecule has 1 saturated carbocycles. The van der Waals surface area contributed by atoms with E-state index in [1.807, 2.05) is 12.1 Å². The van der Waals surface area contributed by atoms with E-state index in [2.05, 4.69) is 15.2 Å². The lowest BCUT2D eigenvalue weighted by atomic mass is 10.1. The Morgan fingerprint density at radius 2 is 2.15 bits per heavy atom. The van der Waals surface area contributed by atoms with Gasteiger partial charge in [-0.25, -0.2) is 4.98 Å². The predicted octanol–water partition coefficient (Wildman–Crippen LogP) is 1.15. The molecule has 0 radical (unpaired) electrons. The Balaban J connectivity index is 1.62. The number of pyridine rings is 1. The van der Waals surface area contributed by atoms with Gasteiger partial charge in [0.2, 0.25) is 0 Å². The minimum Gasteiger partial charge on any atom is -0.357 e. The molecule has 1 aromatic heterocycles. The van der Waals surface area contributed by atoms with Crippen molar-refractivity contribution >= 4 is 11.7 Å². The van der Waals surface area contributed by atoms with Crippen LogP contribution in [-0.2, 0) is 0 Å². The Morgan fingerprint density at radius 3 is 2.70 bits per heavy atom. The third kappa shape index (κ3) is 2.93. The fourth-order valence-electron chi connectivity index (χ4n) is 2.77. The average molecular weight is 274 g/mol. The monoisotopic (exact) mass is 274 g/mol. The van der Waals surface area contributed by atoms with Gasteiger partial charge in [0.1, 0.15) is 5.82 Å². The molecule has 1 aliphatic carbocycles. The van der Waals surface area contributed by atoms with E-state index in [9.17, 15) is 4.79 Å². The van der Waals surface area contributed by atoms with Gasteiger partial charge in [-0.15, -0.1) is 0 Å². The Kier molecular flexibility index (Phi) is 3.87. The summed E-state index contributed by atoms with van der Waals surface area (Å²) < 4.78 is 0. The van der Waals surface area contributed by atoms with Gasteiger partial charge in [0.25, 0.3) is 5.91 Å². The van der Waals surface area contributed by atoms with Crippen LogP contribution in [0.4, 0.5) is 5.82 Å². The van der Waals surface area contributed by atoms with Gasteiger partial charge in [-0.3, -0.25) is 4.79 Å². The van der Waals surface area contributed by atoms with Crippen molar-refractivity contribution in [1.82, 2.24) is 10.3 Å². The maximum Gasteiger partial charge on any atom is 0.253 e. The summed E-state index contributed by atoms with van der Waals surface area (Å²) >= 11 is 0. The molecule has 5 heteroatoms. The van der Waals surface area contributed by atoms with Gasteiger partial charge in [-0.2, -0.15) is 0 Å². The molecule has 1 atom stereocenters. The molecule has 0 bridgehead atoms. The minimum atomic E-state index is -0.0622. The summed E-state index contributed by atoms with van der Waals surface area (Å²) in [7, 11) is 0. The summed E-state index contributed by atoms with van der Waals surface area (Å²) in [5, 5.41) is 3.02. The van der Waals surface area contributed by atoms with Crippen molar-refractivity contribution in [2.45, 2.75) is 31.7 Å². The highest BCUT2D eigenvalue weighted by Crippen LogP contribution is 2.32. The molecule has 1 saturated heterocycles. The number of amides is 1. The molecule has 2 heterocycles. The fourth-order valence-corrected chi connectivity index (χ4v) is 2.77. The topological polar surface area (TPSA) is 71.2 Å². The number of carbonyl (C=O) groups is 1. The summed E-state index contributed by atoms with van der Waals surface area (Å²) in [4.78, 5) is 18.8. The van der Waals surface area contributed by atoms with Crippen molar-refractivity contribution in [3.8, 4) is 0 Å². The predicted molar refractivity (Wildman–Crippen MR) is 78.7 cm³/mol. The Bertz CT molecular complexity index is 463.